The molecule has 4 aromatic rings. The Morgan fingerprint density at radius 2 is 1.09 bits per heavy atom. The number of esters is 2. The number of carbonyl (C=O) groups excluding carboxylic acids is 5. The van der Waals surface area contributed by atoms with Crippen molar-refractivity contribution in [1.29, 1.82) is 5.41 Å². The van der Waals surface area contributed by atoms with Gasteiger partial charge in [0.25, 0.3) is 5.91 Å². The van der Waals surface area contributed by atoms with Crippen molar-refractivity contribution in [3.05, 3.63) is 131 Å². The van der Waals surface area contributed by atoms with Crippen molar-refractivity contribution < 1.29 is 67.6 Å². The topological polar surface area (TPSA) is 286 Å². The molecular weight excluding hydrogens is 1040 g/mol. The van der Waals surface area contributed by atoms with Gasteiger partial charge in [0, 0.05) is 99.1 Å². The third-order valence-corrected chi connectivity index (χ3v) is 14.0. The highest BCUT2D eigenvalue weighted by Crippen LogP contribution is 2.27. The van der Waals surface area contributed by atoms with Crippen LogP contribution in [0.3, 0.4) is 0 Å². The number of amides is 3. The predicted molar refractivity (Wildman–Crippen MR) is 290 cm³/mol. The average Bonchev–Trinajstić information content (AvgIpc) is 4.21. The van der Waals surface area contributed by atoms with Crippen molar-refractivity contribution in [3.63, 3.8) is 0 Å². The summed E-state index contributed by atoms with van der Waals surface area (Å²) in [5.74, 6) is -2.93. The molecular formula is C56H66N10O14. The van der Waals surface area contributed by atoms with Crippen molar-refractivity contribution in [1.82, 2.24) is 30.2 Å². The van der Waals surface area contributed by atoms with Gasteiger partial charge < -0.3 is 44.6 Å². The molecule has 4 fully saturated rings. The van der Waals surface area contributed by atoms with Gasteiger partial charge >= 0.3 is 36.1 Å². The second-order valence-electron chi connectivity index (χ2n) is 19.4. The van der Waals surface area contributed by atoms with Crippen LogP contribution in [-0.4, -0.2) is 199 Å². The van der Waals surface area contributed by atoms with Crippen molar-refractivity contribution >= 4 is 65.0 Å². The molecule has 0 aliphatic carbocycles. The number of amidine groups is 2. The summed E-state index contributed by atoms with van der Waals surface area (Å²) in [7, 11) is 0. The first-order valence-corrected chi connectivity index (χ1v) is 26.5. The van der Waals surface area contributed by atoms with E-state index in [1.54, 1.807) is 67.3 Å². The van der Waals surface area contributed by atoms with Crippen LogP contribution >= 0.6 is 0 Å². The molecule has 0 radical (unpaired) electrons. The van der Waals surface area contributed by atoms with Gasteiger partial charge in [0.15, 0.2) is 5.84 Å². The van der Waals surface area contributed by atoms with E-state index >= 15 is 0 Å². The number of hydrogen-bond donors (Lipinski definition) is 5. The summed E-state index contributed by atoms with van der Waals surface area (Å²) in [5.41, 5.74) is 4.12. The van der Waals surface area contributed by atoms with Gasteiger partial charge in [0.05, 0.1) is 39.1 Å². The molecule has 5 N–H and O–H groups in total. The van der Waals surface area contributed by atoms with Gasteiger partial charge in [-0.2, -0.15) is 0 Å². The number of nitrogens with one attached hydrogen (secondary N) is 3. The van der Waals surface area contributed by atoms with Crippen molar-refractivity contribution in [3.8, 4) is 0 Å². The molecule has 3 amide bonds. The van der Waals surface area contributed by atoms with Crippen molar-refractivity contribution in [2.75, 3.05) is 102 Å². The van der Waals surface area contributed by atoms with E-state index in [1.165, 1.54) is 4.90 Å². The smallest absolute Gasteiger partial charge is 0.414 e. The normalized spacial score (nSPS) is 20.4. The van der Waals surface area contributed by atoms with Gasteiger partial charge in [-0.05, 0) is 74.5 Å². The Bertz CT molecular complexity index is 2850. The lowest BCUT2D eigenvalue weighted by molar-refractivity contribution is -0.155. The van der Waals surface area contributed by atoms with Gasteiger partial charge in [0.1, 0.15) is 30.1 Å². The van der Waals surface area contributed by atoms with E-state index in [0.29, 0.717) is 101 Å². The molecule has 9 rings (SSSR count). The predicted octanol–water partition coefficient (Wildman–Crippen LogP) is 3.81. The molecule has 5 aliphatic heterocycles. The van der Waals surface area contributed by atoms with Gasteiger partial charge in [-0.25, -0.2) is 9.59 Å². The summed E-state index contributed by atoms with van der Waals surface area (Å²) >= 11 is 0. The van der Waals surface area contributed by atoms with Gasteiger partial charge in [-0.3, -0.25) is 58.8 Å². The Kier molecular flexibility index (Phi) is 19.8. The number of anilines is 2. The van der Waals surface area contributed by atoms with E-state index in [2.05, 4.69) is 25.6 Å². The lowest BCUT2D eigenvalue weighted by Crippen LogP contribution is -2.54. The minimum atomic E-state index is -1.06. The second kappa shape index (κ2) is 27.4. The fourth-order valence-corrected chi connectivity index (χ4v) is 9.92. The van der Waals surface area contributed by atoms with Crippen LogP contribution in [0.4, 0.5) is 21.0 Å². The number of carboxylic acid groups (broad SMARTS) is 2. The molecule has 0 bridgehead atoms. The van der Waals surface area contributed by atoms with E-state index in [-0.39, 0.29) is 56.2 Å². The zero-order chi connectivity index (χ0) is 56.7. The zero-order valence-corrected chi connectivity index (χ0v) is 44.5. The summed E-state index contributed by atoms with van der Waals surface area (Å²) in [6, 6.07) is 31.0. The van der Waals surface area contributed by atoms with Crippen LogP contribution in [0.2, 0.25) is 0 Å². The molecule has 5 unspecified atom stereocenters. The fraction of sp³-hybridized carbons (Fsp3) is 0.411. The summed E-state index contributed by atoms with van der Waals surface area (Å²) in [6.45, 7) is 10.1. The van der Waals surface area contributed by atoms with Crippen LogP contribution in [0, 0.1) is 5.41 Å². The van der Waals surface area contributed by atoms with Crippen LogP contribution in [0.1, 0.15) is 60.0 Å². The summed E-state index contributed by atoms with van der Waals surface area (Å²) in [5, 5.41) is 36.7. The Labute approximate surface area is 462 Å². The van der Waals surface area contributed by atoms with Crippen LogP contribution in [-0.2, 0) is 43.0 Å². The maximum absolute atomic E-state index is 12.7. The first-order valence-electron chi connectivity index (χ1n) is 26.5. The number of aliphatic carboxylic acids is 2. The van der Waals surface area contributed by atoms with E-state index in [9.17, 15) is 43.8 Å². The Balaban J connectivity index is 0.000000210. The number of oxime groups is 1. The van der Waals surface area contributed by atoms with Gasteiger partial charge in [-0.1, -0.05) is 53.7 Å². The first kappa shape index (κ1) is 57.7. The molecule has 0 saturated carbocycles. The molecule has 5 atom stereocenters. The number of nitrogens with zero attached hydrogens (tertiary/aromatic N) is 7. The Morgan fingerprint density at radius 3 is 1.54 bits per heavy atom. The molecule has 0 aromatic heterocycles. The molecule has 24 nitrogen and oxygen atoms in total. The zero-order valence-electron chi connectivity index (χ0n) is 44.5. The Morgan fingerprint density at radius 1 is 0.637 bits per heavy atom. The monoisotopic (exact) mass is 1100 g/mol. The fourth-order valence-electron chi connectivity index (χ4n) is 9.92. The van der Waals surface area contributed by atoms with Gasteiger partial charge in [-0.15, -0.1) is 0 Å². The third kappa shape index (κ3) is 15.2. The lowest BCUT2D eigenvalue weighted by Gasteiger charge is -2.38. The summed E-state index contributed by atoms with van der Waals surface area (Å²) < 4.78 is 21.4. The number of ether oxygens (including phenoxy) is 4. The molecule has 0 spiro atoms. The number of piperazine rings is 2. The number of carbonyl (C=O) groups is 7. The average molecular weight is 1100 g/mol. The number of rotatable bonds is 20. The molecule has 5 aliphatic rings. The van der Waals surface area contributed by atoms with E-state index in [0.717, 1.165) is 16.8 Å². The first-order chi connectivity index (χ1) is 38.7. The number of cyclic esters (lactones) is 2. The summed E-state index contributed by atoms with van der Waals surface area (Å²) in [4.78, 5) is 101. The number of hydrogen-bond acceptors (Lipinski definition) is 19. The Hall–Kier alpha value is -8.45. The SMILES string of the molecule is CCOC(=O)C(CC(=O)O)N1CCN(CC2CN(c3ccc(C(=N)NC(=O)c4ccccc4)cc3)C(=O)O2)CC1.CCOC(=O)C(CC(=O)O)N1CCN(CC2CN(c3ccc(C4=NOC(c5ccccc5)N4)cc3)C(=O)O2)CC1. The molecule has 24 heteroatoms. The lowest BCUT2D eigenvalue weighted by atomic mass is 10.1. The van der Waals surface area contributed by atoms with Gasteiger partial charge in [0.2, 0.25) is 6.23 Å². The van der Waals surface area contributed by atoms with Crippen LogP contribution < -0.4 is 20.4 Å². The van der Waals surface area contributed by atoms with Crippen LogP contribution in [0.15, 0.2) is 114 Å². The quantitative estimate of drug-likeness (QED) is 0.0364. The van der Waals surface area contributed by atoms with Crippen LogP contribution in [0.5, 0.6) is 0 Å². The molecule has 5 heterocycles. The standard InChI is InChI=1S/2C28H33N5O7/c1-2-38-27(36)23(16-24(34)35)32-14-12-31(13-15-32)17-22-18-33(28(37)39-22)21-10-8-19(9-11-21)25-29-26(40-30-25)20-6-4-3-5-7-20;1-2-39-27(37)23(16-24(34)35)32-14-12-31(13-15-32)17-22-18-33(28(38)40-22)21-10-8-19(9-11-21)25(29)30-26(36)20-6-4-3-5-7-20/h3-11,22-23,26H,2,12-18H2,1H3,(H,29,30)(H,34,35);3-11,22-23H,2,12-18H2,1H3,(H,34,35)(H2,29,30,36). The minimum absolute atomic E-state index is 0.0463. The maximum Gasteiger partial charge on any atom is 0.414 e. The molecule has 4 aromatic carbocycles. The second-order valence-corrected chi connectivity index (χ2v) is 19.4. The van der Waals surface area contributed by atoms with E-state index in [1.807, 2.05) is 70.5 Å². The minimum Gasteiger partial charge on any atom is -0.481 e. The highest BCUT2D eigenvalue weighted by molar-refractivity contribution is 6.11. The number of carboxylic acids is 2. The highest BCUT2D eigenvalue weighted by atomic mass is 16.7. The van der Waals surface area contributed by atoms with Crippen molar-refractivity contribution in [2.24, 2.45) is 5.16 Å². The molecule has 4 saturated heterocycles. The highest BCUT2D eigenvalue weighted by Gasteiger charge is 2.39. The number of benzene rings is 4. The largest absolute Gasteiger partial charge is 0.481 e. The van der Waals surface area contributed by atoms with E-state index < -0.39 is 48.1 Å². The third-order valence-electron chi connectivity index (χ3n) is 14.0. The maximum atomic E-state index is 12.7. The van der Waals surface area contributed by atoms with Crippen molar-refractivity contribution in [2.45, 2.75) is 57.2 Å². The van der Waals surface area contributed by atoms with E-state index in [4.69, 9.17) is 29.2 Å². The summed E-state index contributed by atoms with van der Waals surface area (Å²) in [6.07, 6.45) is -2.48. The molecule has 80 heavy (non-hydrogen) atoms. The molecule has 424 valence electrons. The van der Waals surface area contributed by atoms with Crippen LogP contribution in [0.25, 0.3) is 0 Å².